The van der Waals surface area contributed by atoms with Crippen LogP contribution in [0, 0.1) is 5.92 Å². The second-order valence-electron chi connectivity index (χ2n) is 6.81. The number of hydrogen-bond acceptors (Lipinski definition) is 3. The normalized spacial score (nSPS) is 26.8. The first-order chi connectivity index (χ1) is 10.2. The van der Waals surface area contributed by atoms with E-state index in [1.165, 1.54) is 12.8 Å². The molecule has 2 aliphatic carbocycles. The molecule has 22 heavy (non-hydrogen) atoms. The molecule has 0 spiro atoms. The number of nitrogens with one attached hydrogen (secondary N) is 1. The summed E-state index contributed by atoms with van der Waals surface area (Å²) in [6, 6.07) is 0.302. The van der Waals surface area contributed by atoms with Crippen molar-refractivity contribution in [3.05, 3.63) is 0 Å². The predicted molar refractivity (Wildman–Crippen MR) is 76.6 cm³/mol. The molecule has 2 saturated carbocycles. The van der Waals surface area contributed by atoms with Crippen LogP contribution in [0.15, 0.2) is 0 Å². The number of carboxylic acids is 1. The van der Waals surface area contributed by atoms with E-state index >= 15 is 0 Å². The summed E-state index contributed by atoms with van der Waals surface area (Å²) in [5, 5.41) is 12.2. The third-order valence-corrected chi connectivity index (χ3v) is 4.54. The molecule has 0 heterocycles. The molecule has 0 aliphatic heterocycles. The van der Waals surface area contributed by atoms with Crippen molar-refractivity contribution in [3.8, 4) is 0 Å². The highest BCUT2D eigenvalue weighted by Crippen LogP contribution is 2.34. The zero-order chi connectivity index (χ0) is 16.3. The molecule has 2 aliphatic rings. The Morgan fingerprint density at radius 2 is 2.00 bits per heavy atom. The Kier molecular flexibility index (Phi) is 5.71. The first-order valence-electron chi connectivity index (χ1n) is 8.01. The van der Waals surface area contributed by atoms with Gasteiger partial charge >= 0.3 is 12.1 Å². The molecule has 128 valence electrons. The molecule has 2 fully saturated rings. The van der Waals surface area contributed by atoms with Crippen LogP contribution in [0.2, 0.25) is 0 Å². The minimum atomic E-state index is -4.10. The van der Waals surface area contributed by atoms with Crippen LogP contribution in [0.1, 0.15) is 45.4 Å². The largest absolute Gasteiger partial charge is 0.480 e. The molecule has 0 amide bonds. The molecule has 1 unspecified atom stereocenters. The van der Waals surface area contributed by atoms with Gasteiger partial charge in [-0.3, -0.25) is 9.69 Å². The molecule has 0 aromatic carbocycles. The second-order valence-corrected chi connectivity index (χ2v) is 6.81. The summed E-state index contributed by atoms with van der Waals surface area (Å²) < 4.78 is 36.5. The van der Waals surface area contributed by atoms with Crippen LogP contribution in [-0.2, 0) is 4.79 Å². The topological polar surface area (TPSA) is 52.6 Å². The van der Waals surface area contributed by atoms with Gasteiger partial charge in [0, 0.05) is 31.1 Å². The molecule has 2 rings (SSSR count). The zero-order valence-electron chi connectivity index (χ0n) is 12.9. The van der Waals surface area contributed by atoms with Crippen molar-refractivity contribution < 1.29 is 23.1 Å². The maximum atomic E-state index is 12.2. The monoisotopic (exact) mass is 322 g/mol. The summed E-state index contributed by atoms with van der Waals surface area (Å²) in [4.78, 5) is 13.0. The molecular weight excluding hydrogens is 297 g/mol. The van der Waals surface area contributed by atoms with Crippen LogP contribution in [0.3, 0.4) is 0 Å². The SMILES string of the molecule is CC(CCC(F)(F)F)NC1CC(N(CC(=O)O)CC2CC2)C1. The molecule has 1 atom stereocenters. The van der Waals surface area contributed by atoms with Gasteiger partial charge < -0.3 is 10.4 Å². The molecule has 0 aromatic heterocycles. The van der Waals surface area contributed by atoms with Crippen LogP contribution >= 0.6 is 0 Å². The highest BCUT2D eigenvalue weighted by Gasteiger charge is 2.37. The highest BCUT2D eigenvalue weighted by molar-refractivity contribution is 5.69. The van der Waals surface area contributed by atoms with Crippen molar-refractivity contribution in [3.63, 3.8) is 0 Å². The molecule has 0 radical (unpaired) electrons. The summed E-state index contributed by atoms with van der Waals surface area (Å²) in [6.45, 7) is 2.68. The fourth-order valence-electron chi connectivity index (χ4n) is 3.04. The van der Waals surface area contributed by atoms with Crippen molar-refractivity contribution in [2.24, 2.45) is 5.92 Å². The Labute approximate surface area is 129 Å². The van der Waals surface area contributed by atoms with E-state index in [1.807, 2.05) is 4.90 Å². The van der Waals surface area contributed by atoms with Crippen LogP contribution in [-0.4, -0.2) is 53.4 Å². The smallest absolute Gasteiger partial charge is 0.389 e. The Bertz CT molecular complexity index is 379. The van der Waals surface area contributed by atoms with Crippen molar-refractivity contribution in [1.82, 2.24) is 10.2 Å². The highest BCUT2D eigenvalue weighted by atomic mass is 19.4. The Morgan fingerprint density at radius 1 is 1.36 bits per heavy atom. The lowest BCUT2D eigenvalue weighted by molar-refractivity contribution is -0.139. The Hall–Kier alpha value is -0.820. The minimum absolute atomic E-state index is 0.0670. The zero-order valence-corrected chi connectivity index (χ0v) is 12.9. The van der Waals surface area contributed by atoms with E-state index in [4.69, 9.17) is 5.11 Å². The van der Waals surface area contributed by atoms with Gasteiger partial charge in [0.15, 0.2) is 0 Å². The van der Waals surface area contributed by atoms with Crippen LogP contribution in [0.4, 0.5) is 13.2 Å². The van der Waals surface area contributed by atoms with Gasteiger partial charge in [-0.25, -0.2) is 0 Å². The molecule has 2 N–H and O–H groups in total. The summed E-state index contributed by atoms with van der Waals surface area (Å²) in [6.07, 6.45) is -0.749. The van der Waals surface area contributed by atoms with Crippen LogP contribution in [0.5, 0.6) is 0 Å². The summed E-state index contributed by atoms with van der Waals surface area (Å²) in [5.41, 5.74) is 0. The van der Waals surface area contributed by atoms with E-state index in [-0.39, 0.29) is 31.1 Å². The second kappa shape index (κ2) is 7.17. The molecular formula is C15H25F3N2O2. The van der Waals surface area contributed by atoms with Gasteiger partial charge in [0.2, 0.25) is 0 Å². The Morgan fingerprint density at radius 3 is 2.50 bits per heavy atom. The van der Waals surface area contributed by atoms with E-state index in [9.17, 15) is 18.0 Å². The molecule has 7 heteroatoms. The van der Waals surface area contributed by atoms with E-state index in [1.54, 1.807) is 6.92 Å². The number of rotatable bonds is 9. The number of alkyl halides is 3. The van der Waals surface area contributed by atoms with Crippen molar-refractivity contribution in [2.45, 2.75) is 69.8 Å². The number of carboxylic acid groups (broad SMARTS) is 1. The number of carbonyl (C=O) groups is 1. The van der Waals surface area contributed by atoms with E-state index < -0.39 is 18.6 Å². The van der Waals surface area contributed by atoms with Gasteiger partial charge in [0.25, 0.3) is 0 Å². The summed E-state index contributed by atoms with van der Waals surface area (Å²) in [7, 11) is 0. The van der Waals surface area contributed by atoms with Crippen LogP contribution < -0.4 is 5.32 Å². The number of aliphatic carboxylic acids is 1. The summed E-state index contributed by atoms with van der Waals surface area (Å²) in [5.74, 6) is -0.173. The lowest BCUT2D eigenvalue weighted by atomic mass is 9.84. The number of nitrogens with zero attached hydrogens (tertiary/aromatic N) is 1. The molecule has 0 bridgehead atoms. The van der Waals surface area contributed by atoms with E-state index in [0.29, 0.717) is 5.92 Å². The first-order valence-corrected chi connectivity index (χ1v) is 8.01. The van der Waals surface area contributed by atoms with Gasteiger partial charge in [-0.15, -0.1) is 0 Å². The first kappa shape index (κ1) is 17.5. The molecule has 0 aromatic rings. The fraction of sp³-hybridized carbons (Fsp3) is 0.933. The lowest BCUT2D eigenvalue weighted by Crippen LogP contribution is -2.55. The molecule has 4 nitrogen and oxygen atoms in total. The number of halogens is 3. The van der Waals surface area contributed by atoms with Gasteiger partial charge in [-0.05, 0) is 44.9 Å². The van der Waals surface area contributed by atoms with E-state index in [2.05, 4.69) is 5.32 Å². The Balaban J connectivity index is 1.67. The van der Waals surface area contributed by atoms with Crippen molar-refractivity contribution in [1.29, 1.82) is 0 Å². The van der Waals surface area contributed by atoms with Crippen molar-refractivity contribution >= 4 is 5.97 Å². The third kappa shape index (κ3) is 6.12. The van der Waals surface area contributed by atoms with Crippen LogP contribution in [0.25, 0.3) is 0 Å². The molecule has 0 saturated heterocycles. The number of hydrogen-bond donors (Lipinski definition) is 2. The maximum absolute atomic E-state index is 12.2. The lowest BCUT2D eigenvalue weighted by Gasteiger charge is -2.44. The maximum Gasteiger partial charge on any atom is 0.389 e. The average Bonchev–Trinajstić information content (AvgIpc) is 3.12. The quantitative estimate of drug-likeness (QED) is 0.685. The fourth-order valence-corrected chi connectivity index (χ4v) is 3.04. The average molecular weight is 322 g/mol. The predicted octanol–water partition coefficient (Wildman–Crippen LogP) is 2.63. The van der Waals surface area contributed by atoms with Gasteiger partial charge in [0.1, 0.15) is 0 Å². The van der Waals surface area contributed by atoms with E-state index in [0.717, 1.165) is 19.4 Å². The van der Waals surface area contributed by atoms with Crippen molar-refractivity contribution in [2.75, 3.05) is 13.1 Å². The minimum Gasteiger partial charge on any atom is -0.480 e. The van der Waals surface area contributed by atoms with Gasteiger partial charge in [-0.2, -0.15) is 13.2 Å². The standard InChI is InChI=1S/C15H25F3N2O2/c1-10(4-5-15(16,17)18)19-12-6-13(7-12)20(9-14(21)22)8-11-2-3-11/h10-13,19H,2-9H2,1H3,(H,21,22). The third-order valence-electron chi connectivity index (χ3n) is 4.54. The van der Waals surface area contributed by atoms with Gasteiger partial charge in [0.05, 0.1) is 6.54 Å². The van der Waals surface area contributed by atoms with Gasteiger partial charge in [-0.1, -0.05) is 0 Å². The summed E-state index contributed by atoms with van der Waals surface area (Å²) >= 11 is 0.